The first-order chi connectivity index (χ1) is 9.31. The van der Waals surface area contributed by atoms with E-state index in [0.717, 1.165) is 27.7 Å². The zero-order valence-electron chi connectivity index (χ0n) is 10.5. The van der Waals surface area contributed by atoms with Crippen LogP contribution in [0.4, 0.5) is 0 Å². The van der Waals surface area contributed by atoms with Gasteiger partial charge in [-0.05, 0) is 24.6 Å². The molecule has 0 radical (unpaired) electrons. The van der Waals surface area contributed by atoms with Crippen LogP contribution in [-0.4, -0.2) is 9.97 Å². The highest BCUT2D eigenvalue weighted by Crippen LogP contribution is 2.28. The van der Waals surface area contributed by atoms with Gasteiger partial charge in [0.15, 0.2) is 0 Å². The summed E-state index contributed by atoms with van der Waals surface area (Å²) in [5.41, 5.74) is 4.40. The molecule has 0 aliphatic heterocycles. The van der Waals surface area contributed by atoms with Gasteiger partial charge < -0.3 is 0 Å². The zero-order chi connectivity index (χ0) is 13.2. The summed E-state index contributed by atoms with van der Waals surface area (Å²) in [5, 5.41) is 10.1. The fourth-order valence-corrected chi connectivity index (χ4v) is 2.23. The minimum atomic E-state index is 0.681. The van der Waals surface area contributed by atoms with Gasteiger partial charge in [0.25, 0.3) is 0 Å². The Labute approximate surface area is 111 Å². The van der Waals surface area contributed by atoms with Crippen molar-refractivity contribution < 1.29 is 0 Å². The second-order valence-electron chi connectivity index (χ2n) is 4.33. The molecule has 0 bridgehead atoms. The maximum atomic E-state index is 9.12. The van der Waals surface area contributed by atoms with E-state index < -0.39 is 0 Å². The molecule has 0 fully saturated rings. The van der Waals surface area contributed by atoms with E-state index in [1.807, 2.05) is 49.4 Å². The Hall–Kier alpha value is -2.73. The quantitative estimate of drug-likeness (QED) is 0.659. The van der Waals surface area contributed by atoms with Crippen molar-refractivity contribution in [3.8, 4) is 17.3 Å². The molecule has 0 spiro atoms. The Bertz CT molecular complexity index is 795. The van der Waals surface area contributed by atoms with Crippen molar-refractivity contribution in [1.29, 1.82) is 5.26 Å². The molecule has 0 N–H and O–H groups in total. The third-order valence-electron chi connectivity index (χ3n) is 3.25. The lowest BCUT2D eigenvalue weighted by atomic mass is 9.98. The van der Waals surface area contributed by atoms with Crippen molar-refractivity contribution in [2.75, 3.05) is 0 Å². The van der Waals surface area contributed by atoms with Crippen LogP contribution in [0.2, 0.25) is 0 Å². The number of aromatic nitrogens is 2. The summed E-state index contributed by atoms with van der Waals surface area (Å²) < 4.78 is 0. The molecule has 1 aromatic heterocycles. The summed E-state index contributed by atoms with van der Waals surface area (Å²) in [4.78, 5) is 8.66. The van der Waals surface area contributed by atoms with Gasteiger partial charge in [-0.1, -0.05) is 30.3 Å². The normalized spacial score (nSPS) is 10.3. The second kappa shape index (κ2) is 4.51. The van der Waals surface area contributed by atoms with Crippen LogP contribution < -0.4 is 0 Å². The van der Waals surface area contributed by atoms with Gasteiger partial charge in [0.1, 0.15) is 6.33 Å². The monoisotopic (exact) mass is 245 g/mol. The summed E-state index contributed by atoms with van der Waals surface area (Å²) in [6.07, 6.45) is 1.57. The predicted octanol–water partition coefficient (Wildman–Crippen LogP) is 3.48. The van der Waals surface area contributed by atoms with Crippen LogP contribution in [0.5, 0.6) is 0 Å². The van der Waals surface area contributed by atoms with E-state index in [0.29, 0.717) is 5.56 Å². The lowest BCUT2D eigenvalue weighted by molar-refractivity contribution is 1.22. The van der Waals surface area contributed by atoms with Crippen LogP contribution >= 0.6 is 0 Å². The molecule has 0 aliphatic carbocycles. The topological polar surface area (TPSA) is 49.6 Å². The highest BCUT2D eigenvalue weighted by Gasteiger charge is 2.10. The van der Waals surface area contributed by atoms with Gasteiger partial charge in [-0.3, -0.25) is 0 Å². The van der Waals surface area contributed by atoms with Gasteiger partial charge in [-0.2, -0.15) is 5.26 Å². The molecule has 3 aromatic rings. The van der Waals surface area contributed by atoms with E-state index in [-0.39, 0.29) is 0 Å². The number of hydrogen-bond acceptors (Lipinski definition) is 3. The zero-order valence-corrected chi connectivity index (χ0v) is 10.5. The van der Waals surface area contributed by atoms with E-state index in [9.17, 15) is 0 Å². The Morgan fingerprint density at radius 1 is 1.00 bits per heavy atom. The van der Waals surface area contributed by atoms with Crippen molar-refractivity contribution in [2.45, 2.75) is 6.92 Å². The summed E-state index contributed by atoms with van der Waals surface area (Å²) >= 11 is 0. The first kappa shape index (κ1) is 11.4. The highest BCUT2D eigenvalue weighted by molar-refractivity contribution is 5.93. The standard InChI is InChI=1S/C16H11N3/c1-11-12(9-17)5-4-7-13(11)16-14-6-2-3-8-15(14)18-10-19-16/h2-8,10H,1H3. The smallest absolute Gasteiger partial charge is 0.116 e. The molecular weight excluding hydrogens is 234 g/mol. The molecule has 3 heteroatoms. The van der Waals surface area contributed by atoms with Gasteiger partial charge in [0, 0.05) is 10.9 Å². The molecule has 3 nitrogen and oxygen atoms in total. The number of hydrogen-bond donors (Lipinski definition) is 0. The van der Waals surface area contributed by atoms with Crippen molar-refractivity contribution in [1.82, 2.24) is 9.97 Å². The molecule has 0 amide bonds. The largest absolute Gasteiger partial charge is 0.236 e. The van der Waals surface area contributed by atoms with Crippen LogP contribution in [0.3, 0.4) is 0 Å². The van der Waals surface area contributed by atoms with E-state index in [4.69, 9.17) is 5.26 Å². The third kappa shape index (κ3) is 1.84. The van der Waals surface area contributed by atoms with E-state index in [2.05, 4.69) is 16.0 Å². The fourth-order valence-electron chi connectivity index (χ4n) is 2.23. The van der Waals surface area contributed by atoms with Gasteiger partial charge in [-0.25, -0.2) is 9.97 Å². The lowest BCUT2D eigenvalue weighted by Crippen LogP contribution is -1.93. The lowest BCUT2D eigenvalue weighted by Gasteiger charge is -2.09. The predicted molar refractivity (Wildman–Crippen MR) is 74.4 cm³/mol. The van der Waals surface area contributed by atoms with Crippen molar-refractivity contribution in [2.24, 2.45) is 0 Å². The Morgan fingerprint density at radius 3 is 2.68 bits per heavy atom. The minimum absolute atomic E-state index is 0.681. The first-order valence-electron chi connectivity index (χ1n) is 6.01. The summed E-state index contributed by atoms with van der Waals surface area (Å²) in [6.45, 7) is 1.95. The summed E-state index contributed by atoms with van der Waals surface area (Å²) in [6, 6.07) is 15.8. The summed E-state index contributed by atoms with van der Waals surface area (Å²) in [5.74, 6) is 0. The van der Waals surface area contributed by atoms with Crippen LogP contribution in [0, 0.1) is 18.3 Å². The van der Waals surface area contributed by atoms with Gasteiger partial charge in [-0.15, -0.1) is 0 Å². The van der Waals surface area contributed by atoms with E-state index >= 15 is 0 Å². The molecule has 0 saturated carbocycles. The van der Waals surface area contributed by atoms with Gasteiger partial charge in [0.05, 0.1) is 22.8 Å². The van der Waals surface area contributed by atoms with Crippen molar-refractivity contribution in [3.05, 3.63) is 59.9 Å². The molecule has 0 aliphatic rings. The maximum absolute atomic E-state index is 9.12. The number of rotatable bonds is 1. The Kier molecular flexibility index (Phi) is 2.70. The number of nitriles is 1. The number of fused-ring (bicyclic) bond motifs is 1. The Morgan fingerprint density at radius 2 is 1.84 bits per heavy atom. The molecule has 3 rings (SSSR count). The average Bonchev–Trinajstić information content (AvgIpc) is 2.47. The second-order valence-corrected chi connectivity index (χ2v) is 4.33. The first-order valence-corrected chi connectivity index (χ1v) is 6.01. The van der Waals surface area contributed by atoms with Gasteiger partial charge >= 0.3 is 0 Å². The number of para-hydroxylation sites is 1. The molecule has 1 heterocycles. The Balaban J connectivity index is 2.35. The molecule has 0 atom stereocenters. The van der Waals surface area contributed by atoms with Crippen LogP contribution in [0.15, 0.2) is 48.8 Å². The van der Waals surface area contributed by atoms with Gasteiger partial charge in [0.2, 0.25) is 0 Å². The molecule has 0 saturated heterocycles. The molecule has 2 aromatic carbocycles. The van der Waals surface area contributed by atoms with Crippen LogP contribution in [0.25, 0.3) is 22.2 Å². The van der Waals surface area contributed by atoms with Crippen molar-refractivity contribution in [3.63, 3.8) is 0 Å². The average molecular weight is 245 g/mol. The number of nitrogens with zero attached hydrogens (tertiary/aromatic N) is 3. The SMILES string of the molecule is Cc1c(C#N)cccc1-c1ncnc2ccccc12. The maximum Gasteiger partial charge on any atom is 0.116 e. The highest BCUT2D eigenvalue weighted by atomic mass is 14.8. The van der Waals surface area contributed by atoms with Crippen molar-refractivity contribution >= 4 is 10.9 Å². The van der Waals surface area contributed by atoms with E-state index in [1.54, 1.807) is 6.33 Å². The molecule has 19 heavy (non-hydrogen) atoms. The molecular formula is C16H11N3. The van der Waals surface area contributed by atoms with Crippen LogP contribution in [-0.2, 0) is 0 Å². The fraction of sp³-hybridized carbons (Fsp3) is 0.0625. The van der Waals surface area contributed by atoms with Crippen LogP contribution in [0.1, 0.15) is 11.1 Å². The number of benzene rings is 2. The van der Waals surface area contributed by atoms with E-state index in [1.165, 1.54) is 0 Å². The summed E-state index contributed by atoms with van der Waals surface area (Å²) in [7, 11) is 0. The third-order valence-corrected chi connectivity index (χ3v) is 3.25. The molecule has 0 unspecified atom stereocenters. The minimum Gasteiger partial charge on any atom is -0.236 e. The molecule has 90 valence electrons.